The molecule has 0 N–H and O–H groups in total. The predicted molar refractivity (Wildman–Crippen MR) is 225 cm³/mol. The number of furan rings is 1. The summed E-state index contributed by atoms with van der Waals surface area (Å²) in [4.78, 5) is 15.3. The Morgan fingerprint density at radius 3 is 1.53 bits per heavy atom. The van der Waals surface area contributed by atoms with E-state index in [0.29, 0.717) is 28.6 Å². The Balaban J connectivity index is 1.24. The second-order valence-corrected chi connectivity index (χ2v) is 13.1. The highest BCUT2D eigenvalue weighted by Crippen LogP contribution is 2.40. The molecule has 0 saturated heterocycles. The third-order valence-corrected chi connectivity index (χ3v) is 9.65. The van der Waals surface area contributed by atoms with Crippen LogP contribution in [0, 0.1) is 0 Å². The van der Waals surface area contributed by atoms with Gasteiger partial charge < -0.3 is 4.42 Å². The molecule has 10 aromatic rings. The molecule has 8 aromatic carbocycles. The lowest BCUT2D eigenvalue weighted by molar-refractivity contribution is 0.669. The quantitative estimate of drug-likeness (QED) is 0.165. The normalized spacial score (nSPS) is 13.1. The van der Waals surface area contributed by atoms with E-state index in [0.717, 1.165) is 44.5 Å². The minimum atomic E-state index is -0.481. The maximum atomic E-state index is 9.32. The van der Waals surface area contributed by atoms with E-state index >= 15 is 0 Å². The molecular formula is C51H33N3O. The summed E-state index contributed by atoms with van der Waals surface area (Å²) in [6, 6.07) is 48.8. The largest absolute Gasteiger partial charge is 0.456 e. The van der Waals surface area contributed by atoms with Crippen LogP contribution in [-0.2, 0) is 0 Å². The van der Waals surface area contributed by atoms with Gasteiger partial charge in [-0.05, 0) is 80.9 Å². The molecule has 0 aliphatic carbocycles. The second-order valence-electron chi connectivity index (χ2n) is 13.1. The van der Waals surface area contributed by atoms with Crippen LogP contribution in [0.25, 0.3) is 101 Å². The molecule has 0 fully saturated rings. The molecule has 0 unspecified atom stereocenters. The second kappa shape index (κ2) is 13.8. The molecule has 55 heavy (non-hydrogen) atoms. The highest BCUT2D eigenvalue weighted by atomic mass is 16.3. The van der Waals surface area contributed by atoms with Gasteiger partial charge in [-0.25, -0.2) is 15.0 Å². The van der Waals surface area contributed by atoms with Crippen molar-refractivity contribution in [2.75, 3.05) is 0 Å². The van der Waals surface area contributed by atoms with E-state index in [-0.39, 0.29) is 45.6 Å². The van der Waals surface area contributed by atoms with Crippen molar-refractivity contribution in [1.29, 1.82) is 0 Å². The Labute approximate surface area is 328 Å². The number of fused-ring (bicyclic) bond motifs is 3. The van der Waals surface area contributed by atoms with Crippen LogP contribution in [0.15, 0.2) is 204 Å². The van der Waals surface area contributed by atoms with Gasteiger partial charge in [-0.15, -0.1) is 0 Å². The molecule has 10 rings (SSSR count). The van der Waals surface area contributed by atoms with Gasteiger partial charge in [0.2, 0.25) is 0 Å². The first-order chi connectivity index (χ1) is 30.1. The van der Waals surface area contributed by atoms with Crippen molar-refractivity contribution in [2.45, 2.75) is 0 Å². The molecule has 0 aliphatic rings. The Hall–Kier alpha value is -7.43. The third kappa shape index (κ3) is 6.26. The average Bonchev–Trinajstić information content (AvgIpc) is 3.73. The topological polar surface area (TPSA) is 51.8 Å². The van der Waals surface area contributed by atoms with Gasteiger partial charge in [0.1, 0.15) is 11.2 Å². The summed E-state index contributed by atoms with van der Waals surface area (Å²) in [7, 11) is 0. The first-order valence-electron chi connectivity index (χ1n) is 21.4. The minimum Gasteiger partial charge on any atom is -0.456 e. The van der Waals surface area contributed by atoms with Crippen LogP contribution >= 0.6 is 0 Å². The first-order valence-corrected chi connectivity index (χ1v) is 17.9. The van der Waals surface area contributed by atoms with Gasteiger partial charge in [0.05, 0.1) is 9.60 Å². The molecule has 2 aromatic heterocycles. The number of hydrogen-bond donors (Lipinski definition) is 0. The molecule has 0 aliphatic heterocycles. The molecule has 2 heterocycles. The number of nitrogens with zero attached hydrogens (tertiary/aromatic N) is 3. The predicted octanol–water partition coefficient (Wildman–Crippen LogP) is 13.4. The SMILES string of the molecule is [2H]c1c([2H])c([2H])c2c(oc3c([2H])c([2H])c([2H])c(-c4cc(-c5ccccc5)cc(-c5nc(-c6ccc(-c7ccccc7)cc6)nc(-c6cccc(-c7ccccc7)c6)n5)c4)c32)c1[2H]. The van der Waals surface area contributed by atoms with E-state index in [1.165, 1.54) is 0 Å². The lowest BCUT2D eigenvalue weighted by Crippen LogP contribution is -2.01. The van der Waals surface area contributed by atoms with Crippen LogP contribution in [0.1, 0.15) is 9.60 Å². The number of aromatic nitrogens is 3. The minimum absolute atomic E-state index is 0.0386. The standard InChI is InChI=1S/C51H33N3O/c1-4-14-34(15-5-1)37-26-28-38(29-27-37)49-52-50(40-21-12-20-39(30-40)35-16-6-2-7-17-35)54-51(53-49)43-32-41(36-18-8-3-9-19-36)31-42(33-43)44-23-13-25-47-48(44)45-22-10-11-24-46(45)55-47/h1-33H/i10D,11D,13D,22D,23D,24D,25D. The zero-order valence-electron chi connectivity index (χ0n) is 36.3. The van der Waals surface area contributed by atoms with Gasteiger partial charge in [-0.3, -0.25) is 0 Å². The molecule has 0 amide bonds. The van der Waals surface area contributed by atoms with Crippen LogP contribution in [0.4, 0.5) is 0 Å². The Kier molecular flexibility index (Phi) is 6.43. The van der Waals surface area contributed by atoms with Crippen molar-refractivity contribution in [3.05, 3.63) is 200 Å². The van der Waals surface area contributed by atoms with Crippen molar-refractivity contribution in [3.8, 4) is 78.7 Å². The van der Waals surface area contributed by atoms with Gasteiger partial charge in [0.15, 0.2) is 17.5 Å². The van der Waals surface area contributed by atoms with Gasteiger partial charge in [0.25, 0.3) is 0 Å². The fourth-order valence-electron chi connectivity index (χ4n) is 6.95. The van der Waals surface area contributed by atoms with Crippen molar-refractivity contribution in [2.24, 2.45) is 0 Å². The Bertz CT molecular complexity index is 3360. The summed E-state index contributed by atoms with van der Waals surface area (Å²) < 4.78 is 67.4. The summed E-state index contributed by atoms with van der Waals surface area (Å²) >= 11 is 0. The summed E-state index contributed by atoms with van der Waals surface area (Å²) in [6.45, 7) is 0. The van der Waals surface area contributed by atoms with Crippen LogP contribution in [0.2, 0.25) is 0 Å². The van der Waals surface area contributed by atoms with Crippen molar-refractivity contribution in [3.63, 3.8) is 0 Å². The Morgan fingerprint density at radius 2 is 0.818 bits per heavy atom. The van der Waals surface area contributed by atoms with Gasteiger partial charge in [0, 0.05) is 27.5 Å². The highest BCUT2D eigenvalue weighted by molar-refractivity contribution is 6.12. The average molecular weight is 711 g/mol. The van der Waals surface area contributed by atoms with Crippen LogP contribution in [-0.4, -0.2) is 15.0 Å². The maximum Gasteiger partial charge on any atom is 0.164 e. The van der Waals surface area contributed by atoms with Crippen molar-refractivity contribution >= 4 is 21.9 Å². The molecule has 0 atom stereocenters. The molecule has 4 heteroatoms. The fourth-order valence-corrected chi connectivity index (χ4v) is 6.95. The van der Waals surface area contributed by atoms with E-state index in [1.54, 1.807) is 0 Å². The van der Waals surface area contributed by atoms with E-state index in [2.05, 4.69) is 30.3 Å². The van der Waals surface area contributed by atoms with Crippen LogP contribution < -0.4 is 0 Å². The zero-order chi connectivity index (χ0) is 42.6. The van der Waals surface area contributed by atoms with Crippen LogP contribution in [0.3, 0.4) is 0 Å². The molecule has 0 spiro atoms. The first kappa shape index (κ1) is 25.5. The summed E-state index contributed by atoms with van der Waals surface area (Å²) in [5.74, 6) is 1.22. The number of benzene rings is 8. The smallest absolute Gasteiger partial charge is 0.164 e. The fraction of sp³-hybridized carbons (Fsp3) is 0. The lowest BCUT2D eigenvalue weighted by Gasteiger charge is -2.13. The van der Waals surface area contributed by atoms with Crippen molar-refractivity contribution < 1.29 is 14.0 Å². The molecule has 0 saturated carbocycles. The van der Waals surface area contributed by atoms with Gasteiger partial charge in [-0.1, -0.05) is 164 Å². The van der Waals surface area contributed by atoms with Crippen LogP contribution in [0.5, 0.6) is 0 Å². The number of rotatable bonds is 7. The number of hydrogen-bond acceptors (Lipinski definition) is 4. The summed E-state index contributed by atoms with van der Waals surface area (Å²) in [6.07, 6.45) is 0. The lowest BCUT2D eigenvalue weighted by atomic mass is 9.93. The maximum absolute atomic E-state index is 9.32. The molecular weight excluding hydrogens is 671 g/mol. The number of para-hydroxylation sites is 1. The molecule has 0 bridgehead atoms. The zero-order valence-corrected chi connectivity index (χ0v) is 29.3. The highest BCUT2D eigenvalue weighted by Gasteiger charge is 2.18. The summed E-state index contributed by atoms with van der Waals surface area (Å²) in [5.41, 5.74) is 8.25. The Morgan fingerprint density at radius 1 is 0.345 bits per heavy atom. The van der Waals surface area contributed by atoms with E-state index < -0.39 is 24.2 Å². The molecule has 258 valence electrons. The van der Waals surface area contributed by atoms with E-state index in [1.807, 2.05) is 127 Å². The van der Waals surface area contributed by atoms with Gasteiger partial charge >= 0.3 is 0 Å². The third-order valence-electron chi connectivity index (χ3n) is 9.65. The molecule has 0 radical (unpaired) electrons. The summed E-state index contributed by atoms with van der Waals surface area (Å²) in [5, 5.41) is 0.194. The van der Waals surface area contributed by atoms with Gasteiger partial charge in [-0.2, -0.15) is 0 Å². The van der Waals surface area contributed by atoms with E-state index in [4.69, 9.17) is 27.6 Å². The monoisotopic (exact) mass is 710 g/mol. The van der Waals surface area contributed by atoms with Crippen molar-refractivity contribution in [1.82, 2.24) is 15.0 Å². The van der Waals surface area contributed by atoms with E-state index in [9.17, 15) is 1.37 Å². The molecule has 4 nitrogen and oxygen atoms in total.